The van der Waals surface area contributed by atoms with Crippen LogP contribution < -0.4 is 26.2 Å². The third kappa shape index (κ3) is 6.48. The van der Waals surface area contributed by atoms with E-state index in [1.807, 2.05) is 0 Å². The molecule has 3 heterocycles. The standard InChI is InChI=1S/C65H73BN2S/c1-37-27-39(3)56(40(4)28-37)41-30-53-58-54(31-41)68(51-21-17-42(29-38(51)2)60(5,6)7)52-22-18-43(61(8,9)10)32-50(52)66(58)57-45-34-48-49(65(16)26-25-64(48,15)36-65)35-55(45)69-59(57)67(53)44-19-20-46-47(33-44)63(13,14)24-23-62(46,11)12/h17-22,27-35H,23-26,36H2,1-16H3. The van der Waals surface area contributed by atoms with Crippen LogP contribution in [0.5, 0.6) is 0 Å². The average molecular weight is 925 g/mol. The van der Waals surface area contributed by atoms with Crippen LogP contribution in [-0.4, -0.2) is 6.71 Å². The van der Waals surface area contributed by atoms with Crippen LogP contribution in [0.25, 0.3) is 21.2 Å². The van der Waals surface area contributed by atoms with E-state index in [-0.39, 0.29) is 39.2 Å². The molecule has 0 saturated heterocycles. The van der Waals surface area contributed by atoms with Gasteiger partial charge in [0.05, 0.1) is 5.00 Å². The maximum atomic E-state index is 2.76. The minimum Gasteiger partial charge on any atom is -0.311 e. The molecule has 7 aromatic rings. The molecule has 0 radical (unpaired) electrons. The summed E-state index contributed by atoms with van der Waals surface area (Å²) in [6.45, 7) is 38.4. The van der Waals surface area contributed by atoms with Crippen molar-refractivity contribution in [2.24, 2.45) is 0 Å². The molecule has 2 bridgehead atoms. The molecular weight excluding hydrogens is 852 g/mol. The lowest BCUT2D eigenvalue weighted by molar-refractivity contribution is 0.332. The van der Waals surface area contributed by atoms with E-state index < -0.39 is 0 Å². The van der Waals surface area contributed by atoms with E-state index in [1.165, 1.54) is 148 Å². The van der Waals surface area contributed by atoms with E-state index in [0.717, 1.165) is 0 Å². The summed E-state index contributed by atoms with van der Waals surface area (Å²) < 4.78 is 1.44. The van der Waals surface area contributed by atoms with Crippen molar-refractivity contribution in [1.29, 1.82) is 0 Å². The zero-order valence-corrected chi connectivity index (χ0v) is 45.4. The van der Waals surface area contributed by atoms with Gasteiger partial charge in [0.1, 0.15) is 0 Å². The number of hydrogen-bond donors (Lipinski definition) is 0. The number of benzene rings is 6. The summed E-state index contributed by atoms with van der Waals surface area (Å²) in [5.74, 6) is 0. The number of aryl methyl sites for hydroxylation is 4. The van der Waals surface area contributed by atoms with Crippen LogP contribution >= 0.6 is 11.3 Å². The Balaban J connectivity index is 1.24. The Kier molecular flexibility index (Phi) is 9.35. The molecule has 0 amide bonds. The molecular formula is C65H73BN2S. The van der Waals surface area contributed by atoms with Gasteiger partial charge in [0, 0.05) is 33.1 Å². The van der Waals surface area contributed by atoms with Crippen LogP contribution in [0.4, 0.5) is 33.4 Å². The molecule has 6 aromatic carbocycles. The van der Waals surface area contributed by atoms with Gasteiger partial charge in [0.25, 0.3) is 6.71 Å². The fraction of sp³-hybridized carbons (Fsp3) is 0.415. The van der Waals surface area contributed by atoms with Crippen LogP contribution in [0.1, 0.15) is 171 Å². The third-order valence-corrected chi connectivity index (χ3v) is 19.5. The lowest BCUT2D eigenvalue weighted by atomic mass is 9.33. The summed E-state index contributed by atoms with van der Waals surface area (Å²) in [6, 6.07) is 37.8. The SMILES string of the molecule is Cc1cc(C)c(-c2cc3c4c(c2)N(c2ccc5c(c2)C(C)(C)CCC5(C)C)c2sc5cc6c(cc5c2B4c2cc(C(C)(C)C)ccc2N3c2ccc(C(C)(C)C)cc2C)C2(C)CCC6(C)C2)c(C)c1. The molecule has 2 unspecified atom stereocenters. The van der Waals surface area contributed by atoms with E-state index in [9.17, 15) is 0 Å². The second kappa shape index (κ2) is 14.3. The van der Waals surface area contributed by atoms with Gasteiger partial charge in [0.15, 0.2) is 0 Å². The van der Waals surface area contributed by atoms with Crippen molar-refractivity contribution >= 4 is 78.0 Å². The molecule has 0 spiro atoms. The highest BCUT2D eigenvalue weighted by atomic mass is 32.1. The smallest absolute Gasteiger partial charge is 0.254 e. The molecule has 0 N–H and O–H groups in total. The first-order chi connectivity index (χ1) is 32.3. The minimum atomic E-state index is -0.0222. The summed E-state index contributed by atoms with van der Waals surface area (Å²) in [7, 11) is 0. The predicted octanol–water partition coefficient (Wildman–Crippen LogP) is 16.5. The lowest BCUT2D eigenvalue weighted by Crippen LogP contribution is -2.61. The van der Waals surface area contributed by atoms with Crippen molar-refractivity contribution in [3.05, 3.63) is 147 Å². The molecule has 4 heteroatoms. The Bertz CT molecular complexity index is 3360. The summed E-state index contributed by atoms with van der Waals surface area (Å²) in [4.78, 5) is 5.43. The Morgan fingerprint density at radius 1 is 0.507 bits per heavy atom. The first-order valence-electron chi connectivity index (χ1n) is 26.2. The molecule has 1 fully saturated rings. The van der Waals surface area contributed by atoms with Gasteiger partial charge in [-0.1, -0.05) is 131 Å². The number of thiophene rings is 1. The fourth-order valence-corrected chi connectivity index (χ4v) is 15.8. The summed E-state index contributed by atoms with van der Waals surface area (Å²) >= 11 is 2.05. The number of hydrogen-bond acceptors (Lipinski definition) is 3. The molecule has 5 aliphatic rings. The normalized spacial score (nSPS) is 21.6. The van der Waals surface area contributed by atoms with Gasteiger partial charge in [-0.25, -0.2) is 0 Å². The highest BCUT2D eigenvalue weighted by Crippen LogP contribution is 2.62. The minimum absolute atomic E-state index is 0.0222. The Labute approximate surface area is 418 Å². The predicted molar refractivity (Wildman–Crippen MR) is 301 cm³/mol. The summed E-state index contributed by atoms with van der Waals surface area (Å²) in [5.41, 5.74) is 28.3. The number of nitrogens with zero attached hydrogens (tertiary/aromatic N) is 2. The second-order valence-corrected chi connectivity index (χ2v) is 27.6. The fourth-order valence-electron chi connectivity index (χ4n) is 14.5. The molecule has 69 heavy (non-hydrogen) atoms. The molecule has 1 saturated carbocycles. The highest BCUT2D eigenvalue weighted by molar-refractivity contribution is 7.26. The largest absolute Gasteiger partial charge is 0.311 e. The maximum Gasteiger partial charge on any atom is 0.254 e. The van der Waals surface area contributed by atoms with Gasteiger partial charge >= 0.3 is 0 Å². The van der Waals surface area contributed by atoms with E-state index in [1.54, 1.807) is 11.1 Å². The average Bonchev–Trinajstić information content (AvgIpc) is 3.87. The van der Waals surface area contributed by atoms with Crippen molar-refractivity contribution in [3.8, 4) is 11.1 Å². The first-order valence-corrected chi connectivity index (χ1v) is 27.0. The van der Waals surface area contributed by atoms with Gasteiger partial charge in [-0.05, 0) is 224 Å². The maximum absolute atomic E-state index is 2.76. The Morgan fingerprint density at radius 2 is 1.09 bits per heavy atom. The van der Waals surface area contributed by atoms with E-state index in [2.05, 4.69) is 223 Å². The number of anilines is 6. The number of rotatable bonds is 3. The van der Waals surface area contributed by atoms with Crippen molar-refractivity contribution < 1.29 is 0 Å². The van der Waals surface area contributed by atoms with E-state index >= 15 is 0 Å². The molecule has 3 aliphatic carbocycles. The van der Waals surface area contributed by atoms with Crippen LogP contribution in [0.3, 0.4) is 0 Å². The van der Waals surface area contributed by atoms with Gasteiger partial charge < -0.3 is 9.80 Å². The monoisotopic (exact) mass is 925 g/mol. The van der Waals surface area contributed by atoms with Crippen LogP contribution in [0.2, 0.25) is 0 Å². The highest BCUT2D eigenvalue weighted by Gasteiger charge is 2.54. The van der Waals surface area contributed by atoms with E-state index in [4.69, 9.17) is 0 Å². The van der Waals surface area contributed by atoms with Crippen molar-refractivity contribution in [2.45, 2.75) is 175 Å². The third-order valence-electron chi connectivity index (χ3n) is 18.4. The van der Waals surface area contributed by atoms with Crippen molar-refractivity contribution in [1.82, 2.24) is 0 Å². The lowest BCUT2D eigenvalue weighted by Gasteiger charge is -2.45. The molecule has 1 aromatic heterocycles. The van der Waals surface area contributed by atoms with Crippen molar-refractivity contribution in [3.63, 3.8) is 0 Å². The Hall–Kier alpha value is -5.06. The quantitative estimate of drug-likeness (QED) is 0.163. The van der Waals surface area contributed by atoms with E-state index in [0.29, 0.717) is 0 Å². The van der Waals surface area contributed by atoms with Gasteiger partial charge in [0.2, 0.25) is 0 Å². The number of fused-ring (bicyclic) bond motifs is 12. The van der Waals surface area contributed by atoms with Gasteiger partial charge in [-0.15, -0.1) is 11.3 Å². The summed E-state index contributed by atoms with van der Waals surface area (Å²) in [6.07, 6.45) is 6.21. The zero-order chi connectivity index (χ0) is 48.9. The van der Waals surface area contributed by atoms with Crippen molar-refractivity contribution in [2.75, 3.05) is 9.80 Å². The van der Waals surface area contributed by atoms with Gasteiger partial charge in [-0.2, -0.15) is 0 Å². The topological polar surface area (TPSA) is 6.48 Å². The van der Waals surface area contributed by atoms with Gasteiger partial charge in [-0.3, -0.25) is 0 Å². The molecule has 12 rings (SSSR count). The van der Waals surface area contributed by atoms with Crippen LogP contribution in [0, 0.1) is 27.7 Å². The molecule has 352 valence electrons. The first kappa shape index (κ1) is 45.1. The molecule has 2 atom stereocenters. The second-order valence-electron chi connectivity index (χ2n) is 26.6. The summed E-state index contributed by atoms with van der Waals surface area (Å²) in [5, 5.41) is 2.84. The molecule has 2 aliphatic heterocycles. The molecule has 2 nitrogen and oxygen atoms in total. The van der Waals surface area contributed by atoms with Crippen LogP contribution in [-0.2, 0) is 32.5 Å². The van der Waals surface area contributed by atoms with Crippen LogP contribution in [0.15, 0.2) is 91.0 Å². The zero-order valence-electron chi connectivity index (χ0n) is 44.6. The Morgan fingerprint density at radius 3 is 1.71 bits per heavy atom.